The maximum Gasteiger partial charge on any atom is 0.146 e. The molecule has 14 heavy (non-hydrogen) atoms. The smallest absolute Gasteiger partial charge is 0.146 e. The molecule has 4 heteroatoms. The van der Waals surface area contributed by atoms with Gasteiger partial charge in [-0.15, -0.1) is 0 Å². The summed E-state index contributed by atoms with van der Waals surface area (Å²) in [5.74, 6) is 0.809. The summed E-state index contributed by atoms with van der Waals surface area (Å²) >= 11 is 3.38. The average Bonchev–Trinajstić information content (AvgIpc) is 2.21. The SMILES string of the molecule is COCOCc1ccc(Br)c(OC)c1. The summed E-state index contributed by atoms with van der Waals surface area (Å²) in [6.07, 6.45) is 0. The highest BCUT2D eigenvalue weighted by Crippen LogP contribution is 2.25. The van der Waals surface area contributed by atoms with Crippen molar-refractivity contribution in [2.75, 3.05) is 21.0 Å². The lowest BCUT2D eigenvalue weighted by molar-refractivity contribution is -0.0391. The minimum absolute atomic E-state index is 0.304. The molecule has 0 aliphatic rings. The molecule has 1 aromatic rings. The zero-order valence-corrected chi connectivity index (χ0v) is 9.83. The van der Waals surface area contributed by atoms with Gasteiger partial charge in [0.15, 0.2) is 0 Å². The molecular weight excluding hydrogens is 248 g/mol. The molecule has 0 heterocycles. The van der Waals surface area contributed by atoms with Crippen molar-refractivity contribution in [2.24, 2.45) is 0 Å². The second kappa shape index (κ2) is 6.01. The zero-order valence-electron chi connectivity index (χ0n) is 8.25. The van der Waals surface area contributed by atoms with Crippen LogP contribution in [0.15, 0.2) is 22.7 Å². The third-order valence-corrected chi connectivity index (χ3v) is 2.34. The summed E-state index contributed by atoms with van der Waals surface area (Å²) in [5.41, 5.74) is 1.06. The summed E-state index contributed by atoms with van der Waals surface area (Å²) in [6, 6.07) is 5.84. The molecule has 1 rings (SSSR count). The first-order valence-electron chi connectivity index (χ1n) is 4.17. The van der Waals surface area contributed by atoms with Crippen molar-refractivity contribution in [3.63, 3.8) is 0 Å². The molecule has 0 aliphatic carbocycles. The van der Waals surface area contributed by atoms with Gasteiger partial charge in [0.1, 0.15) is 12.5 Å². The Hall–Kier alpha value is -0.580. The standard InChI is InChI=1S/C10H13BrO3/c1-12-7-14-6-8-3-4-9(11)10(5-8)13-2/h3-5H,6-7H2,1-2H3. The van der Waals surface area contributed by atoms with E-state index in [0.717, 1.165) is 15.8 Å². The summed E-state index contributed by atoms with van der Waals surface area (Å²) in [6.45, 7) is 0.829. The Bertz CT molecular complexity index is 289. The quantitative estimate of drug-likeness (QED) is 0.602. The van der Waals surface area contributed by atoms with E-state index in [-0.39, 0.29) is 0 Å². The summed E-state index contributed by atoms with van der Waals surface area (Å²) in [5, 5.41) is 0. The monoisotopic (exact) mass is 260 g/mol. The number of ether oxygens (including phenoxy) is 3. The van der Waals surface area contributed by atoms with E-state index in [1.54, 1.807) is 14.2 Å². The van der Waals surface area contributed by atoms with Crippen LogP contribution in [-0.4, -0.2) is 21.0 Å². The molecule has 0 bridgehead atoms. The lowest BCUT2D eigenvalue weighted by Gasteiger charge is -2.07. The van der Waals surface area contributed by atoms with Crippen molar-refractivity contribution in [1.82, 2.24) is 0 Å². The highest BCUT2D eigenvalue weighted by atomic mass is 79.9. The molecule has 0 N–H and O–H groups in total. The van der Waals surface area contributed by atoms with Crippen LogP contribution in [0.4, 0.5) is 0 Å². The summed E-state index contributed by atoms with van der Waals surface area (Å²) in [4.78, 5) is 0. The number of rotatable bonds is 5. The van der Waals surface area contributed by atoms with Crippen LogP contribution < -0.4 is 4.74 Å². The van der Waals surface area contributed by atoms with Crippen LogP contribution in [0.1, 0.15) is 5.56 Å². The van der Waals surface area contributed by atoms with Crippen molar-refractivity contribution >= 4 is 15.9 Å². The van der Waals surface area contributed by atoms with Crippen LogP contribution in [0.25, 0.3) is 0 Å². The summed E-state index contributed by atoms with van der Waals surface area (Å²) < 4.78 is 16.1. The van der Waals surface area contributed by atoms with Gasteiger partial charge < -0.3 is 14.2 Å². The molecule has 78 valence electrons. The Morgan fingerprint density at radius 2 is 2.07 bits per heavy atom. The lowest BCUT2D eigenvalue weighted by atomic mass is 10.2. The van der Waals surface area contributed by atoms with Gasteiger partial charge >= 0.3 is 0 Å². The normalized spacial score (nSPS) is 10.2. The molecule has 0 amide bonds. The fraction of sp³-hybridized carbons (Fsp3) is 0.400. The van der Waals surface area contributed by atoms with E-state index in [1.165, 1.54) is 0 Å². The molecule has 0 radical (unpaired) electrons. The Kier molecular flexibility index (Phi) is 4.93. The van der Waals surface area contributed by atoms with Crippen LogP contribution in [0, 0.1) is 0 Å². The van der Waals surface area contributed by atoms with Crippen molar-refractivity contribution in [1.29, 1.82) is 0 Å². The molecule has 0 atom stereocenters. The van der Waals surface area contributed by atoms with Gasteiger partial charge in [-0.05, 0) is 33.6 Å². The highest BCUT2D eigenvalue weighted by Gasteiger charge is 2.01. The average molecular weight is 261 g/mol. The van der Waals surface area contributed by atoms with E-state index in [9.17, 15) is 0 Å². The molecule has 0 spiro atoms. The molecular formula is C10H13BrO3. The van der Waals surface area contributed by atoms with E-state index in [4.69, 9.17) is 14.2 Å². The van der Waals surface area contributed by atoms with E-state index in [1.807, 2.05) is 18.2 Å². The second-order valence-electron chi connectivity index (χ2n) is 2.72. The van der Waals surface area contributed by atoms with Gasteiger partial charge in [0.25, 0.3) is 0 Å². The predicted molar refractivity (Wildman–Crippen MR) is 57.4 cm³/mol. The van der Waals surface area contributed by atoms with E-state index in [2.05, 4.69) is 15.9 Å². The highest BCUT2D eigenvalue weighted by molar-refractivity contribution is 9.10. The number of benzene rings is 1. The van der Waals surface area contributed by atoms with E-state index in [0.29, 0.717) is 13.4 Å². The molecule has 0 fully saturated rings. The third kappa shape index (κ3) is 3.29. The molecule has 0 aromatic heterocycles. The van der Waals surface area contributed by atoms with Crippen LogP contribution in [-0.2, 0) is 16.1 Å². The van der Waals surface area contributed by atoms with Crippen LogP contribution in [0.5, 0.6) is 5.75 Å². The van der Waals surface area contributed by atoms with Gasteiger partial charge in [-0.2, -0.15) is 0 Å². The Labute approximate surface area is 92.1 Å². The van der Waals surface area contributed by atoms with Crippen molar-refractivity contribution < 1.29 is 14.2 Å². The van der Waals surface area contributed by atoms with Gasteiger partial charge in [-0.1, -0.05) is 6.07 Å². The Morgan fingerprint density at radius 3 is 2.71 bits per heavy atom. The minimum atomic E-state index is 0.304. The Balaban J connectivity index is 2.60. The second-order valence-corrected chi connectivity index (χ2v) is 3.58. The molecule has 0 aliphatic heterocycles. The van der Waals surface area contributed by atoms with Gasteiger partial charge in [0, 0.05) is 7.11 Å². The van der Waals surface area contributed by atoms with E-state index >= 15 is 0 Å². The van der Waals surface area contributed by atoms with Crippen molar-refractivity contribution in [2.45, 2.75) is 6.61 Å². The topological polar surface area (TPSA) is 27.7 Å². The zero-order chi connectivity index (χ0) is 10.4. The van der Waals surface area contributed by atoms with Gasteiger partial charge in [0.05, 0.1) is 18.2 Å². The van der Waals surface area contributed by atoms with Gasteiger partial charge in [0.2, 0.25) is 0 Å². The fourth-order valence-corrected chi connectivity index (χ4v) is 1.45. The number of hydrogen-bond acceptors (Lipinski definition) is 3. The van der Waals surface area contributed by atoms with Gasteiger partial charge in [-0.3, -0.25) is 0 Å². The van der Waals surface area contributed by atoms with Crippen LogP contribution >= 0.6 is 15.9 Å². The van der Waals surface area contributed by atoms with Crippen LogP contribution in [0.3, 0.4) is 0 Å². The molecule has 1 aromatic carbocycles. The maximum atomic E-state index is 5.22. The molecule has 0 unspecified atom stereocenters. The van der Waals surface area contributed by atoms with Crippen molar-refractivity contribution in [3.8, 4) is 5.75 Å². The van der Waals surface area contributed by atoms with Crippen LogP contribution in [0.2, 0.25) is 0 Å². The number of methoxy groups -OCH3 is 2. The Morgan fingerprint density at radius 1 is 1.29 bits per heavy atom. The van der Waals surface area contributed by atoms with E-state index < -0.39 is 0 Å². The number of hydrogen-bond donors (Lipinski definition) is 0. The minimum Gasteiger partial charge on any atom is -0.496 e. The molecule has 0 saturated carbocycles. The van der Waals surface area contributed by atoms with Gasteiger partial charge in [-0.25, -0.2) is 0 Å². The largest absolute Gasteiger partial charge is 0.496 e. The third-order valence-electron chi connectivity index (χ3n) is 1.69. The van der Waals surface area contributed by atoms with Crippen molar-refractivity contribution in [3.05, 3.63) is 28.2 Å². The molecule has 0 saturated heterocycles. The summed E-state index contributed by atoms with van der Waals surface area (Å²) in [7, 11) is 3.24. The first-order valence-corrected chi connectivity index (χ1v) is 4.96. The fourth-order valence-electron chi connectivity index (χ4n) is 1.04. The first-order chi connectivity index (χ1) is 6.77. The lowest BCUT2D eigenvalue weighted by Crippen LogP contribution is -1.97. The first kappa shape index (κ1) is 11.5. The number of halogens is 1. The molecule has 3 nitrogen and oxygen atoms in total. The maximum absolute atomic E-state index is 5.22. The predicted octanol–water partition coefficient (Wildman–Crippen LogP) is 2.58.